The molecule has 25 heavy (non-hydrogen) atoms. The molecule has 0 bridgehead atoms. The van der Waals surface area contributed by atoms with E-state index in [-0.39, 0.29) is 0 Å². The Kier molecular flexibility index (Phi) is 6.53. The van der Waals surface area contributed by atoms with Gasteiger partial charge >= 0.3 is 0 Å². The Labute approximate surface area is 155 Å². The Balaban J connectivity index is 1.41. The minimum atomic E-state index is 0.500. The lowest BCUT2D eigenvalue weighted by Crippen LogP contribution is -2.44. The molecule has 1 aromatic rings. The lowest BCUT2D eigenvalue weighted by atomic mass is 10.1. The minimum Gasteiger partial charge on any atom is -0.354 e. The summed E-state index contributed by atoms with van der Waals surface area (Å²) >= 11 is 1.67. The number of anilines is 1. The Morgan fingerprint density at radius 3 is 2.84 bits per heavy atom. The van der Waals surface area contributed by atoms with Crippen LogP contribution in [0.3, 0.4) is 0 Å². The van der Waals surface area contributed by atoms with Crippen molar-refractivity contribution in [3.63, 3.8) is 0 Å². The second-order valence-corrected chi connectivity index (χ2v) is 8.32. The fraction of sp³-hybridized carbons (Fsp3) is 0.778. The van der Waals surface area contributed by atoms with E-state index in [0.717, 1.165) is 29.2 Å². The summed E-state index contributed by atoms with van der Waals surface area (Å²) in [4.78, 5) is 13.7. The molecule has 1 aliphatic heterocycles. The SMILES string of the molecule is CN=C(NCc1csc(N(C)C)n1)NC1CCN(CC2CCCC2)C1. The zero-order valence-corrected chi connectivity index (χ0v) is 16.6. The number of hydrogen-bond acceptors (Lipinski definition) is 5. The number of thiazole rings is 1. The first-order valence-electron chi connectivity index (χ1n) is 9.45. The van der Waals surface area contributed by atoms with Gasteiger partial charge in [0, 0.05) is 52.2 Å². The Morgan fingerprint density at radius 1 is 1.36 bits per heavy atom. The van der Waals surface area contributed by atoms with E-state index in [1.807, 2.05) is 26.0 Å². The summed E-state index contributed by atoms with van der Waals surface area (Å²) in [6.45, 7) is 4.35. The number of aliphatic imine (C=N–C) groups is 1. The maximum Gasteiger partial charge on any atom is 0.191 e. The highest BCUT2D eigenvalue weighted by atomic mass is 32.1. The molecule has 2 heterocycles. The van der Waals surface area contributed by atoms with Gasteiger partial charge in [-0.05, 0) is 25.2 Å². The molecule has 2 N–H and O–H groups in total. The number of hydrogen-bond donors (Lipinski definition) is 2. The summed E-state index contributed by atoms with van der Waals surface area (Å²) in [5.41, 5.74) is 1.06. The van der Waals surface area contributed by atoms with Gasteiger partial charge in [-0.15, -0.1) is 11.3 Å². The van der Waals surface area contributed by atoms with E-state index < -0.39 is 0 Å². The van der Waals surface area contributed by atoms with Crippen molar-refractivity contribution in [1.82, 2.24) is 20.5 Å². The highest BCUT2D eigenvalue weighted by Gasteiger charge is 2.26. The van der Waals surface area contributed by atoms with Crippen molar-refractivity contribution >= 4 is 22.4 Å². The van der Waals surface area contributed by atoms with Crippen LogP contribution in [0.2, 0.25) is 0 Å². The average molecular weight is 365 g/mol. The van der Waals surface area contributed by atoms with Crippen LogP contribution in [0.15, 0.2) is 10.4 Å². The number of rotatable bonds is 6. The molecule has 1 atom stereocenters. The van der Waals surface area contributed by atoms with Crippen molar-refractivity contribution in [3.05, 3.63) is 11.1 Å². The zero-order chi connectivity index (χ0) is 17.6. The van der Waals surface area contributed by atoms with Gasteiger partial charge in [-0.2, -0.15) is 0 Å². The first kappa shape index (κ1) is 18.5. The van der Waals surface area contributed by atoms with Crippen LogP contribution < -0.4 is 15.5 Å². The predicted molar refractivity (Wildman–Crippen MR) is 107 cm³/mol. The predicted octanol–water partition coefficient (Wildman–Crippen LogP) is 2.14. The average Bonchev–Trinajstić information content (AvgIpc) is 3.34. The first-order chi connectivity index (χ1) is 12.1. The second kappa shape index (κ2) is 8.85. The van der Waals surface area contributed by atoms with Crippen LogP contribution in [0.5, 0.6) is 0 Å². The van der Waals surface area contributed by atoms with Gasteiger partial charge in [0.25, 0.3) is 0 Å². The lowest BCUT2D eigenvalue weighted by molar-refractivity contribution is 0.275. The number of nitrogens with zero attached hydrogens (tertiary/aromatic N) is 4. The molecule has 1 aromatic heterocycles. The van der Waals surface area contributed by atoms with Gasteiger partial charge in [0.1, 0.15) is 0 Å². The van der Waals surface area contributed by atoms with E-state index in [4.69, 9.17) is 0 Å². The third-order valence-electron chi connectivity index (χ3n) is 5.19. The van der Waals surface area contributed by atoms with Crippen LogP contribution in [-0.2, 0) is 6.54 Å². The fourth-order valence-electron chi connectivity index (χ4n) is 3.82. The third-order valence-corrected chi connectivity index (χ3v) is 6.24. The Morgan fingerprint density at radius 2 is 2.16 bits per heavy atom. The molecular formula is C18H32N6S. The quantitative estimate of drug-likeness (QED) is 0.598. The lowest BCUT2D eigenvalue weighted by Gasteiger charge is -2.21. The highest BCUT2D eigenvalue weighted by Crippen LogP contribution is 2.26. The van der Waals surface area contributed by atoms with Crippen LogP contribution in [-0.4, -0.2) is 62.7 Å². The van der Waals surface area contributed by atoms with E-state index in [9.17, 15) is 0 Å². The van der Waals surface area contributed by atoms with Crippen LogP contribution in [0.25, 0.3) is 0 Å². The van der Waals surface area contributed by atoms with Gasteiger partial charge in [0.05, 0.1) is 12.2 Å². The largest absolute Gasteiger partial charge is 0.354 e. The second-order valence-electron chi connectivity index (χ2n) is 7.48. The maximum absolute atomic E-state index is 4.61. The van der Waals surface area contributed by atoms with Gasteiger partial charge < -0.3 is 20.4 Å². The van der Waals surface area contributed by atoms with E-state index in [1.54, 1.807) is 11.3 Å². The first-order valence-corrected chi connectivity index (χ1v) is 10.3. The molecule has 1 unspecified atom stereocenters. The molecule has 2 aliphatic rings. The summed E-state index contributed by atoms with van der Waals surface area (Å²) in [6, 6.07) is 0.500. The van der Waals surface area contributed by atoms with E-state index in [0.29, 0.717) is 12.6 Å². The summed E-state index contributed by atoms with van der Waals surface area (Å²) in [5, 5.41) is 10.1. The molecule has 1 aliphatic carbocycles. The molecular weight excluding hydrogens is 332 g/mol. The monoisotopic (exact) mass is 364 g/mol. The zero-order valence-electron chi connectivity index (χ0n) is 15.8. The molecule has 6 nitrogen and oxygen atoms in total. The van der Waals surface area contributed by atoms with Gasteiger partial charge in [-0.25, -0.2) is 4.98 Å². The normalized spacial score (nSPS) is 22.5. The van der Waals surface area contributed by atoms with E-state index in [2.05, 4.69) is 30.9 Å². The van der Waals surface area contributed by atoms with Crippen LogP contribution in [0, 0.1) is 5.92 Å². The maximum atomic E-state index is 4.61. The number of likely N-dealkylation sites (tertiary alicyclic amines) is 1. The Hall–Kier alpha value is -1.34. The fourth-order valence-corrected chi connectivity index (χ4v) is 4.58. The van der Waals surface area contributed by atoms with Crippen molar-refractivity contribution < 1.29 is 0 Å². The Bertz CT molecular complexity index is 564. The summed E-state index contributed by atoms with van der Waals surface area (Å²) in [6.07, 6.45) is 6.93. The van der Waals surface area contributed by atoms with Gasteiger partial charge in [-0.3, -0.25) is 4.99 Å². The summed E-state index contributed by atoms with van der Waals surface area (Å²) < 4.78 is 0. The van der Waals surface area contributed by atoms with Crippen LogP contribution in [0.4, 0.5) is 5.13 Å². The molecule has 2 fully saturated rings. The summed E-state index contributed by atoms with van der Waals surface area (Å²) in [7, 11) is 5.88. The molecule has 0 aromatic carbocycles. The molecule has 0 radical (unpaired) electrons. The third kappa shape index (κ3) is 5.31. The molecule has 140 valence electrons. The van der Waals surface area contributed by atoms with Gasteiger partial charge in [0.15, 0.2) is 11.1 Å². The van der Waals surface area contributed by atoms with Crippen molar-refractivity contribution in [1.29, 1.82) is 0 Å². The molecule has 0 spiro atoms. The van der Waals surface area contributed by atoms with Crippen molar-refractivity contribution in [2.24, 2.45) is 10.9 Å². The topological polar surface area (TPSA) is 55.8 Å². The van der Waals surface area contributed by atoms with Crippen LogP contribution >= 0.6 is 11.3 Å². The van der Waals surface area contributed by atoms with Crippen molar-refractivity contribution in [2.75, 3.05) is 45.7 Å². The molecule has 0 amide bonds. The molecule has 1 saturated carbocycles. The molecule has 3 rings (SSSR count). The molecule has 1 saturated heterocycles. The van der Waals surface area contributed by atoms with E-state index >= 15 is 0 Å². The van der Waals surface area contributed by atoms with Crippen molar-refractivity contribution in [2.45, 2.75) is 44.7 Å². The molecule has 7 heteroatoms. The minimum absolute atomic E-state index is 0.500. The number of aromatic nitrogens is 1. The van der Waals surface area contributed by atoms with Crippen LogP contribution in [0.1, 0.15) is 37.8 Å². The summed E-state index contributed by atoms with van der Waals surface area (Å²) in [5.74, 6) is 1.82. The number of nitrogens with one attached hydrogen (secondary N) is 2. The van der Waals surface area contributed by atoms with E-state index in [1.165, 1.54) is 45.2 Å². The van der Waals surface area contributed by atoms with Gasteiger partial charge in [-0.1, -0.05) is 12.8 Å². The van der Waals surface area contributed by atoms with Gasteiger partial charge in [0.2, 0.25) is 0 Å². The number of guanidine groups is 1. The smallest absolute Gasteiger partial charge is 0.191 e. The highest BCUT2D eigenvalue weighted by molar-refractivity contribution is 7.13. The van der Waals surface area contributed by atoms with Crippen molar-refractivity contribution in [3.8, 4) is 0 Å². The standard InChI is InChI=1S/C18H32N6S/c1-19-17(20-10-16-13-25-18(22-16)23(2)3)21-15-8-9-24(12-15)11-14-6-4-5-7-14/h13-15H,4-12H2,1-3H3,(H2,19,20,21).